The number of anilines is 2. The number of amides is 1. The molecule has 2 aliphatic rings. The summed E-state index contributed by atoms with van der Waals surface area (Å²) in [6.45, 7) is 0. The number of nitrogens with one attached hydrogen (secondary N) is 1. The van der Waals surface area contributed by atoms with Gasteiger partial charge in [-0.2, -0.15) is 5.10 Å². The molecule has 2 saturated heterocycles. The van der Waals surface area contributed by atoms with E-state index in [0.29, 0.717) is 23.3 Å². The molecule has 5 rings (SSSR count). The number of hydrogen-bond donors (Lipinski definition) is 2. The molecule has 3 aromatic rings. The molecule has 5 heterocycles. The Morgan fingerprint density at radius 2 is 1.97 bits per heavy atom. The molecule has 3 aromatic heterocycles. The fourth-order valence-electron chi connectivity index (χ4n) is 4.79. The van der Waals surface area contributed by atoms with Crippen LogP contribution in [-0.4, -0.2) is 38.6 Å². The van der Waals surface area contributed by atoms with Crippen LogP contribution < -0.4 is 16.0 Å². The van der Waals surface area contributed by atoms with Crippen LogP contribution in [0.1, 0.15) is 36.0 Å². The number of carbonyl (C=O) groups excluding carboxylic acids is 1. The molecular formula is C20H21N7O2. The van der Waals surface area contributed by atoms with Gasteiger partial charge in [-0.25, -0.2) is 9.50 Å². The lowest BCUT2D eigenvalue weighted by molar-refractivity contribution is 0.100. The average molecular weight is 391 g/mol. The summed E-state index contributed by atoms with van der Waals surface area (Å²) in [5, 5.41) is 10.8. The summed E-state index contributed by atoms with van der Waals surface area (Å²) in [4.78, 5) is 29.4. The Hall–Kier alpha value is -3.49. The van der Waals surface area contributed by atoms with Crippen LogP contribution >= 0.6 is 0 Å². The maximum Gasteiger partial charge on any atom is 0.252 e. The number of aromatic nitrogens is 3. The molecule has 148 valence electrons. The lowest BCUT2D eigenvalue weighted by Crippen LogP contribution is -2.47. The molecular weight excluding hydrogens is 370 g/mol. The second kappa shape index (κ2) is 6.84. The third kappa shape index (κ3) is 2.98. The van der Waals surface area contributed by atoms with Crippen molar-refractivity contribution in [3.8, 4) is 0 Å². The van der Waals surface area contributed by atoms with E-state index in [-0.39, 0.29) is 6.04 Å². The monoisotopic (exact) mass is 391 g/mol. The Kier molecular flexibility index (Phi) is 4.15. The van der Waals surface area contributed by atoms with Crippen molar-refractivity contribution >= 4 is 28.6 Å². The first kappa shape index (κ1) is 17.6. The molecule has 2 unspecified atom stereocenters. The second-order valence-electron chi connectivity index (χ2n) is 7.71. The standard InChI is InChI=1S/C20H21N7O2/c21-20(28)16-11-23-26-7-1-2-17(26)19(16)24-13-8-14-4-5-15(9-13)27(14)18-6-3-12(25-29)10-22-18/h1-3,6-7,10-11,13-15,24H,4-5,8-9H2,(H2,21,28). The van der Waals surface area contributed by atoms with Gasteiger partial charge in [-0.3, -0.25) is 4.79 Å². The molecule has 3 N–H and O–H groups in total. The van der Waals surface area contributed by atoms with Crippen LogP contribution in [-0.2, 0) is 0 Å². The van der Waals surface area contributed by atoms with E-state index in [2.05, 4.69) is 25.5 Å². The number of primary amides is 1. The van der Waals surface area contributed by atoms with Crippen LogP contribution in [0.25, 0.3) is 5.52 Å². The van der Waals surface area contributed by atoms with Crippen LogP contribution in [0, 0.1) is 4.91 Å². The number of fused-ring (bicyclic) bond motifs is 3. The van der Waals surface area contributed by atoms with Crippen molar-refractivity contribution < 1.29 is 4.79 Å². The van der Waals surface area contributed by atoms with E-state index < -0.39 is 5.91 Å². The van der Waals surface area contributed by atoms with Crippen molar-refractivity contribution in [3.05, 3.63) is 53.3 Å². The minimum atomic E-state index is -0.489. The van der Waals surface area contributed by atoms with Crippen molar-refractivity contribution in [3.63, 3.8) is 0 Å². The van der Waals surface area contributed by atoms with Gasteiger partial charge in [-0.15, -0.1) is 4.91 Å². The molecule has 0 radical (unpaired) electrons. The van der Waals surface area contributed by atoms with Crippen molar-refractivity contribution in [2.45, 2.75) is 43.8 Å². The molecule has 2 aliphatic heterocycles. The maximum atomic E-state index is 11.9. The first-order valence-corrected chi connectivity index (χ1v) is 9.74. The number of rotatable bonds is 5. The minimum Gasteiger partial charge on any atom is -0.380 e. The molecule has 2 bridgehead atoms. The average Bonchev–Trinajstić information content (AvgIpc) is 3.31. The van der Waals surface area contributed by atoms with E-state index in [9.17, 15) is 9.70 Å². The third-order valence-corrected chi connectivity index (χ3v) is 6.01. The maximum absolute atomic E-state index is 11.9. The summed E-state index contributed by atoms with van der Waals surface area (Å²) < 4.78 is 1.74. The molecule has 29 heavy (non-hydrogen) atoms. The Bertz CT molecular complexity index is 1060. The Morgan fingerprint density at radius 1 is 1.17 bits per heavy atom. The number of nitroso groups, excluding NO2 is 1. The van der Waals surface area contributed by atoms with Crippen molar-refractivity contribution in [2.24, 2.45) is 10.9 Å². The van der Waals surface area contributed by atoms with E-state index >= 15 is 0 Å². The number of carbonyl (C=O) groups is 1. The van der Waals surface area contributed by atoms with Crippen molar-refractivity contribution in [1.29, 1.82) is 0 Å². The highest BCUT2D eigenvalue weighted by atomic mass is 16.3. The van der Waals surface area contributed by atoms with Gasteiger partial charge in [0, 0.05) is 24.3 Å². The molecule has 1 amide bonds. The lowest BCUT2D eigenvalue weighted by atomic mass is 9.96. The van der Waals surface area contributed by atoms with Crippen LogP contribution in [0.15, 0.2) is 48.0 Å². The third-order valence-electron chi connectivity index (χ3n) is 6.01. The van der Waals surface area contributed by atoms with E-state index in [0.717, 1.165) is 42.7 Å². The summed E-state index contributed by atoms with van der Waals surface area (Å²) in [7, 11) is 0. The number of nitrogens with zero attached hydrogens (tertiary/aromatic N) is 5. The lowest BCUT2D eigenvalue weighted by Gasteiger charge is -2.40. The molecule has 2 fully saturated rings. The highest BCUT2D eigenvalue weighted by Gasteiger charge is 2.41. The van der Waals surface area contributed by atoms with Gasteiger partial charge in [-0.05, 0) is 55.1 Å². The number of hydrogen-bond acceptors (Lipinski definition) is 7. The smallest absolute Gasteiger partial charge is 0.252 e. The zero-order chi connectivity index (χ0) is 20.0. The summed E-state index contributed by atoms with van der Waals surface area (Å²) in [6, 6.07) is 8.34. The minimum absolute atomic E-state index is 0.221. The van der Waals surface area contributed by atoms with Crippen molar-refractivity contribution in [1.82, 2.24) is 14.6 Å². The van der Waals surface area contributed by atoms with Crippen LogP contribution in [0.2, 0.25) is 0 Å². The highest BCUT2D eigenvalue weighted by molar-refractivity contribution is 6.01. The van der Waals surface area contributed by atoms with Gasteiger partial charge in [-0.1, -0.05) is 0 Å². The fraction of sp³-hybridized carbons (Fsp3) is 0.350. The van der Waals surface area contributed by atoms with Crippen LogP contribution in [0.5, 0.6) is 0 Å². The van der Waals surface area contributed by atoms with Gasteiger partial charge < -0.3 is 16.0 Å². The number of pyridine rings is 1. The number of nitrogens with two attached hydrogens (primary N) is 1. The van der Waals surface area contributed by atoms with Crippen LogP contribution in [0.3, 0.4) is 0 Å². The Morgan fingerprint density at radius 3 is 2.62 bits per heavy atom. The van der Waals surface area contributed by atoms with E-state index in [4.69, 9.17) is 5.73 Å². The van der Waals surface area contributed by atoms with Gasteiger partial charge in [0.2, 0.25) is 0 Å². The molecule has 0 saturated carbocycles. The largest absolute Gasteiger partial charge is 0.380 e. The van der Waals surface area contributed by atoms with Gasteiger partial charge in [0.25, 0.3) is 5.91 Å². The summed E-state index contributed by atoms with van der Waals surface area (Å²) in [5.74, 6) is 0.399. The van der Waals surface area contributed by atoms with Gasteiger partial charge in [0.15, 0.2) is 0 Å². The second-order valence-corrected chi connectivity index (χ2v) is 7.71. The van der Waals surface area contributed by atoms with Gasteiger partial charge in [0.1, 0.15) is 11.5 Å². The molecule has 9 nitrogen and oxygen atoms in total. The van der Waals surface area contributed by atoms with Crippen LogP contribution in [0.4, 0.5) is 17.2 Å². The normalized spacial score (nSPS) is 23.3. The highest BCUT2D eigenvalue weighted by Crippen LogP contribution is 2.40. The Labute approximate surface area is 166 Å². The summed E-state index contributed by atoms with van der Waals surface area (Å²) in [6.07, 6.45) is 8.94. The SMILES string of the molecule is NC(=O)c1cnn2cccc2c1NC1CC2CCC(C1)N2c1ccc(N=O)cn1. The van der Waals surface area contributed by atoms with Gasteiger partial charge in [0.05, 0.1) is 29.2 Å². The molecule has 0 aromatic carbocycles. The molecule has 2 atom stereocenters. The molecule has 0 aliphatic carbocycles. The Balaban J connectivity index is 1.40. The first-order valence-electron chi connectivity index (χ1n) is 9.74. The zero-order valence-electron chi connectivity index (χ0n) is 15.7. The van der Waals surface area contributed by atoms with E-state index in [1.165, 1.54) is 12.4 Å². The number of piperidine rings is 1. The summed E-state index contributed by atoms with van der Waals surface area (Å²) in [5.41, 5.74) is 7.93. The summed E-state index contributed by atoms with van der Waals surface area (Å²) >= 11 is 0. The molecule has 0 spiro atoms. The van der Waals surface area contributed by atoms with Gasteiger partial charge >= 0.3 is 0 Å². The fourth-order valence-corrected chi connectivity index (χ4v) is 4.79. The topological polar surface area (TPSA) is 118 Å². The molecule has 9 heteroatoms. The zero-order valence-corrected chi connectivity index (χ0v) is 15.7. The van der Waals surface area contributed by atoms with Crippen molar-refractivity contribution in [2.75, 3.05) is 10.2 Å². The quantitative estimate of drug-likeness (QED) is 0.646. The van der Waals surface area contributed by atoms with E-state index in [1.807, 2.05) is 24.4 Å². The van der Waals surface area contributed by atoms with E-state index in [1.54, 1.807) is 10.6 Å². The first-order chi connectivity index (χ1) is 14.1. The predicted octanol–water partition coefficient (Wildman–Crippen LogP) is 2.84. The predicted molar refractivity (Wildman–Crippen MR) is 109 cm³/mol.